The maximum absolute atomic E-state index is 13.2. The maximum Gasteiger partial charge on any atom is 0.128 e. The third-order valence-electron chi connectivity index (χ3n) is 2.46. The van der Waals surface area contributed by atoms with Crippen LogP contribution in [0.3, 0.4) is 0 Å². The molecule has 3 heteroatoms. The summed E-state index contributed by atoms with van der Waals surface area (Å²) in [5.74, 6) is -0.168. The number of nitrogens with one attached hydrogen (secondary N) is 1. The number of benzene rings is 1. The molecule has 0 saturated heterocycles. The SMILES string of the molecule is Cc1cc2c(CCN)c[nH]c2cc1F. The van der Waals surface area contributed by atoms with Crippen LogP contribution in [0.15, 0.2) is 18.3 Å². The average molecular weight is 192 g/mol. The van der Waals surface area contributed by atoms with Crippen LogP contribution in [-0.4, -0.2) is 11.5 Å². The molecule has 0 unspecified atom stereocenters. The van der Waals surface area contributed by atoms with E-state index in [4.69, 9.17) is 5.73 Å². The molecule has 14 heavy (non-hydrogen) atoms. The van der Waals surface area contributed by atoms with Crippen molar-refractivity contribution in [1.82, 2.24) is 4.98 Å². The van der Waals surface area contributed by atoms with E-state index >= 15 is 0 Å². The zero-order chi connectivity index (χ0) is 10.1. The van der Waals surface area contributed by atoms with Crippen LogP contribution in [-0.2, 0) is 6.42 Å². The minimum absolute atomic E-state index is 0.168. The second-order valence-corrected chi connectivity index (χ2v) is 3.50. The fourth-order valence-corrected chi connectivity index (χ4v) is 1.67. The smallest absolute Gasteiger partial charge is 0.128 e. The predicted octanol–water partition coefficient (Wildman–Crippen LogP) is 2.12. The standard InChI is InChI=1S/C11H13FN2/c1-7-4-9-8(2-3-13)6-14-11(9)5-10(7)12/h4-6,14H,2-3,13H2,1H3. The van der Waals surface area contributed by atoms with Crippen molar-refractivity contribution >= 4 is 10.9 Å². The Morgan fingerprint density at radius 2 is 2.21 bits per heavy atom. The number of hydrogen-bond donors (Lipinski definition) is 2. The largest absolute Gasteiger partial charge is 0.361 e. The number of aromatic nitrogens is 1. The molecule has 2 rings (SSSR count). The zero-order valence-electron chi connectivity index (χ0n) is 8.10. The van der Waals surface area contributed by atoms with E-state index in [-0.39, 0.29) is 5.82 Å². The van der Waals surface area contributed by atoms with Gasteiger partial charge in [-0.15, -0.1) is 0 Å². The fourth-order valence-electron chi connectivity index (χ4n) is 1.67. The summed E-state index contributed by atoms with van der Waals surface area (Å²) < 4.78 is 13.2. The van der Waals surface area contributed by atoms with Gasteiger partial charge in [-0.05, 0) is 43.1 Å². The zero-order valence-corrected chi connectivity index (χ0v) is 8.10. The first-order valence-electron chi connectivity index (χ1n) is 4.68. The van der Waals surface area contributed by atoms with Crippen molar-refractivity contribution in [3.05, 3.63) is 35.3 Å². The van der Waals surface area contributed by atoms with Gasteiger partial charge in [0.2, 0.25) is 0 Å². The molecule has 0 atom stereocenters. The predicted molar refractivity (Wildman–Crippen MR) is 55.8 cm³/mol. The molecule has 0 saturated carbocycles. The lowest BCUT2D eigenvalue weighted by Gasteiger charge is -1.99. The Labute approximate surface area is 81.9 Å². The Hall–Kier alpha value is -1.35. The van der Waals surface area contributed by atoms with E-state index in [9.17, 15) is 4.39 Å². The second-order valence-electron chi connectivity index (χ2n) is 3.50. The van der Waals surface area contributed by atoms with E-state index in [1.54, 1.807) is 6.92 Å². The van der Waals surface area contributed by atoms with Crippen LogP contribution in [0.5, 0.6) is 0 Å². The van der Waals surface area contributed by atoms with Crippen molar-refractivity contribution in [2.75, 3.05) is 6.54 Å². The van der Waals surface area contributed by atoms with E-state index < -0.39 is 0 Å². The topological polar surface area (TPSA) is 41.8 Å². The summed E-state index contributed by atoms with van der Waals surface area (Å²) in [7, 11) is 0. The molecule has 74 valence electrons. The molecule has 3 N–H and O–H groups in total. The third-order valence-corrected chi connectivity index (χ3v) is 2.46. The molecule has 0 bridgehead atoms. The van der Waals surface area contributed by atoms with Gasteiger partial charge in [-0.2, -0.15) is 0 Å². The molecule has 2 aromatic rings. The molecule has 0 amide bonds. The van der Waals surface area contributed by atoms with Crippen molar-refractivity contribution < 1.29 is 4.39 Å². The monoisotopic (exact) mass is 192 g/mol. The summed E-state index contributed by atoms with van der Waals surface area (Å²) >= 11 is 0. The van der Waals surface area contributed by atoms with Crippen LogP contribution >= 0.6 is 0 Å². The number of halogens is 1. The van der Waals surface area contributed by atoms with E-state index in [0.717, 1.165) is 22.9 Å². The number of nitrogens with two attached hydrogens (primary N) is 1. The van der Waals surface area contributed by atoms with Gasteiger partial charge in [-0.1, -0.05) is 0 Å². The highest BCUT2D eigenvalue weighted by molar-refractivity contribution is 5.84. The first-order chi connectivity index (χ1) is 6.72. The van der Waals surface area contributed by atoms with Crippen molar-refractivity contribution in [2.45, 2.75) is 13.3 Å². The summed E-state index contributed by atoms with van der Waals surface area (Å²) in [6.45, 7) is 2.39. The van der Waals surface area contributed by atoms with Crippen LogP contribution in [0, 0.1) is 12.7 Å². The van der Waals surface area contributed by atoms with Gasteiger partial charge in [0, 0.05) is 17.1 Å². The fraction of sp³-hybridized carbons (Fsp3) is 0.273. The molecule has 0 fully saturated rings. The van der Waals surface area contributed by atoms with Crippen molar-refractivity contribution in [3.63, 3.8) is 0 Å². The Balaban J connectivity index is 2.61. The number of fused-ring (bicyclic) bond motifs is 1. The number of rotatable bonds is 2. The van der Waals surface area contributed by atoms with Gasteiger partial charge in [0.05, 0.1) is 0 Å². The Kier molecular flexibility index (Phi) is 2.25. The van der Waals surface area contributed by atoms with Gasteiger partial charge in [-0.3, -0.25) is 0 Å². The first-order valence-corrected chi connectivity index (χ1v) is 4.68. The highest BCUT2D eigenvalue weighted by atomic mass is 19.1. The molecule has 1 aromatic carbocycles. The number of aryl methyl sites for hydroxylation is 1. The lowest BCUT2D eigenvalue weighted by atomic mass is 10.1. The highest BCUT2D eigenvalue weighted by Crippen LogP contribution is 2.21. The molecular formula is C11H13FN2. The van der Waals surface area contributed by atoms with Gasteiger partial charge in [0.1, 0.15) is 5.82 Å². The maximum atomic E-state index is 13.2. The number of aromatic amines is 1. The molecule has 0 aliphatic rings. The summed E-state index contributed by atoms with van der Waals surface area (Å²) in [6, 6.07) is 3.40. The highest BCUT2D eigenvalue weighted by Gasteiger charge is 2.06. The lowest BCUT2D eigenvalue weighted by molar-refractivity contribution is 0.620. The Bertz CT molecular complexity index is 460. The van der Waals surface area contributed by atoms with Gasteiger partial charge in [0.15, 0.2) is 0 Å². The van der Waals surface area contributed by atoms with Gasteiger partial charge < -0.3 is 10.7 Å². The lowest BCUT2D eigenvalue weighted by Crippen LogP contribution is -2.01. The van der Waals surface area contributed by atoms with Crippen molar-refractivity contribution in [1.29, 1.82) is 0 Å². The van der Waals surface area contributed by atoms with Crippen LogP contribution in [0.2, 0.25) is 0 Å². The van der Waals surface area contributed by atoms with E-state index in [2.05, 4.69) is 4.98 Å². The molecule has 2 nitrogen and oxygen atoms in total. The summed E-state index contributed by atoms with van der Waals surface area (Å²) in [6.07, 6.45) is 2.72. The van der Waals surface area contributed by atoms with Crippen molar-refractivity contribution in [2.24, 2.45) is 5.73 Å². The van der Waals surface area contributed by atoms with Crippen LogP contribution in [0.4, 0.5) is 4.39 Å². The normalized spacial score (nSPS) is 11.1. The summed E-state index contributed by atoms with van der Waals surface area (Å²) in [5, 5.41) is 1.08. The Morgan fingerprint density at radius 3 is 2.93 bits per heavy atom. The number of hydrogen-bond acceptors (Lipinski definition) is 1. The summed E-state index contributed by atoms with van der Waals surface area (Å²) in [4.78, 5) is 3.05. The van der Waals surface area contributed by atoms with Gasteiger partial charge >= 0.3 is 0 Å². The molecule has 1 heterocycles. The minimum Gasteiger partial charge on any atom is -0.361 e. The van der Waals surface area contributed by atoms with Crippen molar-refractivity contribution in [3.8, 4) is 0 Å². The van der Waals surface area contributed by atoms with Crippen LogP contribution < -0.4 is 5.73 Å². The number of H-pyrrole nitrogens is 1. The van der Waals surface area contributed by atoms with Crippen LogP contribution in [0.1, 0.15) is 11.1 Å². The second kappa shape index (κ2) is 3.42. The van der Waals surface area contributed by atoms with Gasteiger partial charge in [-0.25, -0.2) is 4.39 Å². The molecule has 0 aliphatic heterocycles. The molecule has 1 aromatic heterocycles. The molecule has 0 spiro atoms. The average Bonchev–Trinajstić information content (AvgIpc) is 2.51. The summed E-state index contributed by atoms with van der Waals surface area (Å²) in [5.41, 5.74) is 8.17. The Morgan fingerprint density at radius 1 is 1.43 bits per heavy atom. The van der Waals surface area contributed by atoms with E-state index in [1.165, 1.54) is 6.07 Å². The van der Waals surface area contributed by atoms with E-state index in [0.29, 0.717) is 12.1 Å². The van der Waals surface area contributed by atoms with Gasteiger partial charge in [0.25, 0.3) is 0 Å². The molecular weight excluding hydrogens is 179 g/mol. The molecule has 0 radical (unpaired) electrons. The van der Waals surface area contributed by atoms with Crippen LogP contribution in [0.25, 0.3) is 10.9 Å². The molecule has 0 aliphatic carbocycles. The van der Waals surface area contributed by atoms with E-state index in [1.807, 2.05) is 12.3 Å². The third kappa shape index (κ3) is 1.40. The quantitative estimate of drug-likeness (QED) is 0.751. The minimum atomic E-state index is -0.168. The first kappa shape index (κ1) is 9.21.